The van der Waals surface area contributed by atoms with Crippen LogP contribution >= 0.6 is 11.5 Å². The van der Waals surface area contributed by atoms with Gasteiger partial charge < -0.3 is 4.90 Å². The molecule has 1 fully saturated rings. The van der Waals surface area contributed by atoms with Crippen molar-refractivity contribution in [2.24, 2.45) is 5.92 Å². The molecule has 0 unspecified atom stereocenters. The summed E-state index contributed by atoms with van der Waals surface area (Å²) in [7, 11) is 0. The molecule has 2 heterocycles. The minimum Gasteiger partial charge on any atom is -0.337 e. The second-order valence-corrected chi connectivity index (χ2v) is 6.57. The third-order valence-electron chi connectivity index (χ3n) is 3.95. The summed E-state index contributed by atoms with van der Waals surface area (Å²) < 4.78 is 4.00. The van der Waals surface area contributed by atoms with Gasteiger partial charge in [-0.2, -0.15) is 0 Å². The van der Waals surface area contributed by atoms with Crippen LogP contribution in [0, 0.1) is 12.8 Å². The molecule has 0 spiro atoms. The lowest BCUT2D eigenvalue weighted by molar-refractivity contribution is 0.0678. The lowest BCUT2D eigenvalue weighted by Gasteiger charge is -2.30. The van der Waals surface area contributed by atoms with Gasteiger partial charge in [-0.05, 0) is 42.8 Å². The highest BCUT2D eigenvalue weighted by Crippen LogP contribution is 2.28. The van der Waals surface area contributed by atoms with Crippen LogP contribution in [-0.2, 0) is 0 Å². The second-order valence-electron chi connectivity index (χ2n) is 5.82. The van der Waals surface area contributed by atoms with Crippen molar-refractivity contribution in [2.75, 3.05) is 13.1 Å². The number of nitrogens with zero attached hydrogens (tertiary/aromatic N) is 3. The van der Waals surface area contributed by atoms with E-state index in [1.165, 1.54) is 23.5 Å². The monoisotopic (exact) mass is 301 g/mol. The van der Waals surface area contributed by atoms with Gasteiger partial charge in [-0.25, -0.2) is 0 Å². The molecule has 1 saturated heterocycles. The van der Waals surface area contributed by atoms with E-state index in [0.717, 1.165) is 30.0 Å². The Morgan fingerprint density at radius 1 is 1.33 bits per heavy atom. The molecule has 4 nitrogen and oxygen atoms in total. The molecule has 1 aromatic heterocycles. The Morgan fingerprint density at radius 3 is 2.81 bits per heavy atom. The van der Waals surface area contributed by atoms with E-state index in [-0.39, 0.29) is 5.91 Å². The van der Waals surface area contributed by atoms with Gasteiger partial charge in [0.1, 0.15) is 0 Å². The lowest BCUT2D eigenvalue weighted by Crippen LogP contribution is -2.39. The van der Waals surface area contributed by atoms with Crippen LogP contribution < -0.4 is 0 Å². The molecule has 1 aliphatic heterocycles. The number of carbonyl (C=O) groups excluding carboxylic acids is 1. The molecule has 0 radical (unpaired) electrons. The zero-order chi connectivity index (χ0) is 14.8. The van der Waals surface area contributed by atoms with Crippen LogP contribution in [0.25, 0.3) is 10.4 Å². The first kappa shape index (κ1) is 14.2. The molecule has 1 aliphatic rings. The number of benzene rings is 1. The highest BCUT2D eigenvalue weighted by Gasteiger charge is 2.26. The Labute approximate surface area is 129 Å². The van der Waals surface area contributed by atoms with Crippen molar-refractivity contribution in [3.8, 4) is 10.4 Å². The average molecular weight is 301 g/mol. The van der Waals surface area contributed by atoms with E-state index in [9.17, 15) is 4.79 Å². The Balaban J connectivity index is 1.88. The maximum Gasteiger partial charge on any atom is 0.275 e. The van der Waals surface area contributed by atoms with Crippen LogP contribution in [0.1, 0.15) is 35.8 Å². The summed E-state index contributed by atoms with van der Waals surface area (Å²) in [6, 6.07) is 8.15. The number of carbonyl (C=O) groups is 1. The summed E-state index contributed by atoms with van der Waals surface area (Å²) in [6.07, 6.45) is 2.27. The maximum atomic E-state index is 12.7. The van der Waals surface area contributed by atoms with Crippen molar-refractivity contribution in [2.45, 2.75) is 26.7 Å². The van der Waals surface area contributed by atoms with Gasteiger partial charge in [0, 0.05) is 13.1 Å². The number of likely N-dealkylation sites (tertiary alicyclic amines) is 1. The van der Waals surface area contributed by atoms with Crippen molar-refractivity contribution in [1.82, 2.24) is 14.5 Å². The summed E-state index contributed by atoms with van der Waals surface area (Å²) in [5, 5.41) is 4.09. The van der Waals surface area contributed by atoms with E-state index in [1.807, 2.05) is 29.2 Å². The molecule has 2 aromatic rings. The molecule has 0 bridgehead atoms. The van der Waals surface area contributed by atoms with Gasteiger partial charge in [0.05, 0.1) is 4.88 Å². The first-order valence-corrected chi connectivity index (χ1v) is 8.11. The van der Waals surface area contributed by atoms with Crippen molar-refractivity contribution in [3.05, 3.63) is 35.5 Å². The third kappa shape index (κ3) is 2.97. The van der Waals surface area contributed by atoms with Gasteiger partial charge in [0.25, 0.3) is 5.91 Å². The van der Waals surface area contributed by atoms with Crippen LogP contribution in [-0.4, -0.2) is 33.5 Å². The smallest absolute Gasteiger partial charge is 0.275 e. The highest BCUT2D eigenvalue weighted by atomic mass is 32.1. The van der Waals surface area contributed by atoms with E-state index in [2.05, 4.69) is 23.4 Å². The molecule has 0 N–H and O–H groups in total. The standard InChI is InChI=1S/C16H19N3OS/c1-11-5-7-13(8-6-11)15-14(17-18-21-15)16(20)19-9-3-4-12(2)10-19/h5-8,12H,3-4,9-10H2,1-2H3/t12-/m0/s1. The summed E-state index contributed by atoms with van der Waals surface area (Å²) in [6.45, 7) is 5.90. The van der Waals surface area contributed by atoms with Gasteiger partial charge in [0.2, 0.25) is 0 Å². The van der Waals surface area contributed by atoms with Gasteiger partial charge in [-0.1, -0.05) is 41.2 Å². The molecular formula is C16H19N3OS. The van der Waals surface area contributed by atoms with Gasteiger partial charge in [0.15, 0.2) is 5.69 Å². The molecule has 0 aliphatic carbocycles. The number of aryl methyl sites for hydroxylation is 1. The first-order chi connectivity index (χ1) is 10.1. The molecule has 1 aromatic carbocycles. The van der Waals surface area contributed by atoms with E-state index in [1.54, 1.807) is 0 Å². The Hall–Kier alpha value is -1.75. The predicted molar refractivity (Wildman–Crippen MR) is 84.4 cm³/mol. The van der Waals surface area contributed by atoms with Crippen LogP contribution in [0.3, 0.4) is 0 Å². The fourth-order valence-corrected chi connectivity index (χ4v) is 3.41. The van der Waals surface area contributed by atoms with Crippen LogP contribution in [0.15, 0.2) is 24.3 Å². The van der Waals surface area contributed by atoms with E-state index in [0.29, 0.717) is 11.6 Å². The second kappa shape index (κ2) is 5.93. The van der Waals surface area contributed by atoms with Crippen molar-refractivity contribution in [1.29, 1.82) is 0 Å². The number of hydrogen-bond donors (Lipinski definition) is 0. The van der Waals surface area contributed by atoms with Crippen LogP contribution in [0.5, 0.6) is 0 Å². The predicted octanol–water partition coefficient (Wildman–Crippen LogP) is 3.39. The molecular weight excluding hydrogens is 282 g/mol. The fraction of sp³-hybridized carbons (Fsp3) is 0.438. The van der Waals surface area contributed by atoms with E-state index in [4.69, 9.17) is 0 Å². The van der Waals surface area contributed by atoms with Crippen LogP contribution in [0.2, 0.25) is 0 Å². The SMILES string of the molecule is Cc1ccc(-c2snnc2C(=O)N2CCC[C@H](C)C2)cc1. The number of hydrogen-bond acceptors (Lipinski definition) is 4. The quantitative estimate of drug-likeness (QED) is 0.854. The normalized spacial score (nSPS) is 18.8. The maximum absolute atomic E-state index is 12.7. The largest absolute Gasteiger partial charge is 0.337 e. The number of piperidine rings is 1. The fourth-order valence-electron chi connectivity index (χ4n) is 2.75. The molecule has 1 atom stereocenters. The Morgan fingerprint density at radius 2 is 2.10 bits per heavy atom. The number of aromatic nitrogens is 2. The topological polar surface area (TPSA) is 46.1 Å². The lowest BCUT2D eigenvalue weighted by atomic mass is 10.00. The number of rotatable bonds is 2. The zero-order valence-corrected chi connectivity index (χ0v) is 13.2. The third-order valence-corrected chi connectivity index (χ3v) is 4.72. The highest BCUT2D eigenvalue weighted by molar-refractivity contribution is 7.09. The van der Waals surface area contributed by atoms with E-state index < -0.39 is 0 Å². The average Bonchev–Trinajstić information content (AvgIpc) is 2.96. The first-order valence-electron chi connectivity index (χ1n) is 7.34. The Bertz CT molecular complexity index is 635. The molecule has 3 rings (SSSR count). The Kier molecular flexibility index (Phi) is 4.01. The summed E-state index contributed by atoms with van der Waals surface area (Å²) in [5.41, 5.74) is 2.72. The molecule has 110 valence electrons. The molecule has 0 saturated carbocycles. The van der Waals surface area contributed by atoms with Gasteiger partial charge >= 0.3 is 0 Å². The van der Waals surface area contributed by atoms with Crippen molar-refractivity contribution >= 4 is 17.4 Å². The van der Waals surface area contributed by atoms with Gasteiger partial charge in [-0.15, -0.1) is 5.10 Å². The van der Waals surface area contributed by atoms with Gasteiger partial charge in [-0.3, -0.25) is 4.79 Å². The van der Waals surface area contributed by atoms with E-state index >= 15 is 0 Å². The van der Waals surface area contributed by atoms with Crippen molar-refractivity contribution < 1.29 is 4.79 Å². The summed E-state index contributed by atoms with van der Waals surface area (Å²) in [5.74, 6) is 0.586. The number of amides is 1. The minimum atomic E-state index is 0.0193. The van der Waals surface area contributed by atoms with Crippen LogP contribution in [0.4, 0.5) is 0 Å². The zero-order valence-electron chi connectivity index (χ0n) is 12.4. The molecule has 1 amide bonds. The molecule has 5 heteroatoms. The van der Waals surface area contributed by atoms with Crippen molar-refractivity contribution in [3.63, 3.8) is 0 Å². The molecule has 21 heavy (non-hydrogen) atoms. The summed E-state index contributed by atoms with van der Waals surface area (Å²) >= 11 is 1.29. The summed E-state index contributed by atoms with van der Waals surface area (Å²) in [4.78, 5) is 15.5. The minimum absolute atomic E-state index is 0.0193.